The van der Waals surface area contributed by atoms with E-state index in [4.69, 9.17) is 4.74 Å². The van der Waals surface area contributed by atoms with Crippen molar-refractivity contribution in [1.82, 2.24) is 19.9 Å². The van der Waals surface area contributed by atoms with Gasteiger partial charge in [-0.2, -0.15) is 0 Å². The van der Waals surface area contributed by atoms with E-state index in [1.54, 1.807) is 6.07 Å². The van der Waals surface area contributed by atoms with Crippen LogP contribution in [0.4, 0.5) is 4.39 Å². The number of fused-ring (bicyclic) bond motifs is 1. The normalized spacial score (nSPS) is 16.7. The van der Waals surface area contributed by atoms with Gasteiger partial charge in [0, 0.05) is 25.0 Å². The Bertz CT molecular complexity index is 1220. The Labute approximate surface area is 193 Å². The molecule has 3 heterocycles. The molecule has 1 unspecified atom stereocenters. The number of pyridine rings is 1. The Balaban J connectivity index is 1.29. The largest absolute Gasteiger partial charge is 0.477 e. The molecular weight excluding hydrogens is 415 g/mol. The van der Waals surface area contributed by atoms with Crippen LogP contribution in [0.25, 0.3) is 22.0 Å². The molecule has 0 amide bonds. The number of halogens is 1. The lowest BCUT2D eigenvalue weighted by molar-refractivity contribution is 0.116. The van der Waals surface area contributed by atoms with E-state index in [1.807, 2.05) is 42.7 Å². The first-order valence-electron chi connectivity index (χ1n) is 11.5. The van der Waals surface area contributed by atoms with Gasteiger partial charge in [0.15, 0.2) is 0 Å². The zero-order valence-corrected chi connectivity index (χ0v) is 18.5. The van der Waals surface area contributed by atoms with Crippen molar-refractivity contribution in [2.45, 2.75) is 38.3 Å². The number of piperidine rings is 1. The van der Waals surface area contributed by atoms with E-state index in [0.717, 1.165) is 41.5 Å². The van der Waals surface area contributed by atoms with Crippen molar-refractivity contribution in [2.24, 2.45) is 0 Å². The smallest absolute Gasteiger partial charge is 0.224 e. The van der Waals surface area contributed by atoms with Crippen LogP contribution in [0.1, 0.15) is 31.2 Å². The Kier molecular flexibility index (Phi) is 6.53. The summed E-state index contributed by atoms with van der Waals surface area (Å²) in [7, 11) is 0. The van der Waals surface area contributed by atoms with E-state index in [9.17, 15) is 4.39 Å². The molecule has 1 aliphatic rings. The molecule has 0 radical (unpaired) electrons. The highest BCUT2D eigenvalue weighted by atomic mass is 19.1. The maximum absolute atomic E-state index is 13.7. The lowest BCUT2D eigenvalue weighted by Gasteiger charge is -2.35. The molecule has 0 N–H and O–H groups in total. The van der Waals surface area contributed by atoms with E-state index in [-0.39, 0.29) is 5.82 Å². The molecule has 168 valence electrons. The van der Waals surface area contributed by atoms with Crippen LogP contribution < -0.4 is 4.74 Å². The Morgan fingerprint density at radius 1 is 1.00 bits per heavy atom. The highest BCUT2D eigenvalue weighted by Gasteiger charge is 2.22. The molecule has 5 nitrogen and oxygen atoms in total. The molecule has 1 atom stereocenters. The van der Waals surface area contributed by atoms with Crippen molar-refractivity contribution in [3.8, 4) is 17.0 Å². The van der Waals surface area contributed by atoms with E-state index in [2.05, 4.69) is 25.9 Å². The summed E-state index contributed by atoms with van der Waals surface area (Å²) in [6, 6.07) is 17.1. The first-order chi connectivity index (χ1) is 16.3. The summed E-state index contributed by atoms with van der Waals surface area (Å²) in [5, 5.41) is 0.843. The molecule has 0 aliphatic carbocycles. The van der Waals surface area contributed by atoms with Crippen molar-refractivity contribution in [1.29, 1.82) is 0 Å². The minimum absolute atomic E-state index is 0.253. The quantitative estimate of drug-likeness (QED) is 0.370. The fourth-order valence-electron chi connectivity index (χ4n) is 4.61. The van der Waals surface area contributed by atoms with Crippen molar-refractivity contribution in [3.63, 3.8) is 0 Å². The van der Waals surface area contributed by atoms with Gasteiger partial charge >= 0.3 is 0 Å². The highest BCUT2D eigenvalue weighted by Crippen LogP contribution is 2.29. The maximum Gasteiger partial charge on any atom is 0.224 e. The second-order valence-electron chi connectivity index (χ2n) is 8.54. The first kappa shape index (κ1) is 21.5. The number of hydrogen-bond acceptors (Lipinski definition) is 5. The second-order valence-corrected chi connectivity index (χ2v) is 8.54. The van der Waals surface area contributed by atoms with Crippen LogP contribution in [0.3, 0.4) is 0 Å². The molecule has 1 aliphatic heterocycles. The highest BCUT2D eigenvalue weighted by molar-refractivity contribution is 5.88. The molecule has 0 spiro atoms. The second kappa shape index (κ2) is 10.0. The summed E-state index contributed by atoms with van der Waals surface area (Å²) in [4.78, 5) is 15.6. The lowest BCUT2D eigenvalue weighted by Crippen LogP contribution is -2.39. The molecule has 1 fully saturated rings. The van der Waals surface area contributed by atoms with Crippen LogP contribution in [0, 0.1) is 5.82 Å². The molecule has 4 aromatic rings. The molecular formula is C27H27FN4O. The zero-order valence-electron chi connectivity index (χ0n) is 18.5. The van der Waals surface area contributed by atoms with Gasteiger partial charge in [0.1, 0.15) is 12.1 Å². The van der Waals surface area contributed by atoms with E-state index in [0.29, 0.717) is 18.5 Å². The fraction of sp³-hybridized carbons (Fsp3) is 0.296. The zero-order chi connectivity index (χ0) is 22.5. The summed E-state index contributed by atoms with van der Waals surface area (Å²) in [6.07, 6.45) is 9.91. The van der Waals surface area contributed by atoms with Gasteiger partial charge in [-0.25, -0.2) is 14.4 Å². The van der Waals surface area contributed by atoms with Gasteiger partial charge in [0.05, 0.1) is 17.5 Å². The summed E-state index contributed by atoms with van der Waals surface area (Å²) in [5.41, 5.74) is 3.80. The number of ether oxygens (including phenoxy) is 1. The van der Waals surface area contributed by atoms with Gasteiger partial charge in [-0.1, -0.05) is 30.7 Å². The fourth-order valence-corrected chi connectivity index (χ4v) is 4.61. The monoisotopic (exact) mass is 442 g/mol. The van der Waals surface area contributed by atoms with Crippen molar-refractivity contribution >= 4 is 10.9 Å². The number of benzene rings is 2. The average Bonchev–Trinajstić information content (AvgIpc) is 2.85. The Morgan fingerprint density at radius 3 is 2.82 bits per heavy atom. The van der Waals surface area contributed by atoms with Crippen LogP contribution in [0.5, 0.6) is 5.88 Å². The SMILES string of the molecule is Fc1cccc(-c2ccc3ncnc(OCCC4CCCCN4Cc4cccnc4)c3c2)c1. The van der Waals surface area contributed by atoms with Gasteiger partial charge < -0.3 is 4.74 Å². The third-order valence-electron chi connectivity index (χ3n) is 6.30. The Hall–Kier alpha value is -3.38. The molecule has 0 saturated carbocycles. The van der Waals surface area contributed by atoms with Crippen LogP contribution in [0.15, 0.2) is 73.3 Å². The first-order valence-corrected chi connectivity index (χ1v) is 11.5. The standard InChI is InChI=1S/C27H27FN4O/c28-23-7-3-6-21(15-23)22-9-10-26-25(16-22)27(31-19-30-26)33-14-11-24-8-1-2-13-32(24)18-20-5-4-12-29-17-20/h3-7,9-10,12,15-17,19,24H,1-2,8,11,13-14,18H2. The molecule has 5 rings (SSSR count). The van der Waals surface area contributed by atoms with E-state index >= 15 is 0 Å². The summed E-state index contributed by atoms with van der Waals surface area (Å²) >= 11 is 0. The minimum Gasteiger partial charge on any atom is -0.477 e. The number of aromatic nitrogens is 3. The summed E-state index contributed by atoms with van der Waals surface area (Å²) in [5.74, 6) is 0.324. The molecule has 33 heavy (non-hydrogen) atoms. The predicted molar refractivity (Wildman–Crippen MR) is 127 cm³/mol. The third-order valence-corrected chi connectivity index (χ3v) is 6.30. The maximum atomic E-state index is 13.7. The number of nitrogens with zero attached hydrogens (tertiary/aromatic N) is 4. The predicted octanol–water partition coefficient (Wildman–Crippen LogP) is 5.65. The van der Waals surface area contributed by atoms with Crippen LogP contribution in [0.2, 0.25) is 0 Å². The van der Waals surface area contributed by atoms with Crippen LogP contribution >= 0.6 is 0 Å². The minimum atomic E-state index is -0.253. The number of hydrogen-bond donors (Lipinski definition) is 0. The van der Waals surface area contributed by atoms with Gasteiger partial charge in [-0.05, 0) is 72.8 Å². The summed E-state index contributed by atoms with van der Waals surface area (Å²) in [6.45, 7) is 2.61. The van der Waals surface area contributed by atoms with Crippen LogP contribution in [-0.4, -0.2) is 39.0 Å². The topological polar surface area (TPSA) is 51.1 Å². The van der Waals surface area contributed by atoms with Crippen molar-refractivity contribution in [3.05, 3.63) is 84.7 Å². The molecule has 0 bridgehead atoms. The average molecular weight is 443 g/mol. The van der Waals surface area contributed by atoms with E-state index in [1.165, 1.54) is 43.3 Å². The van der Waals surface area contributed by atoms with Gasteiger partial charge in [-0.15, -0.1) is 0 Å². The number of likely N-dealkylation sites (tertiary alicyclic amines) is 1. The Morgan fingerprint density at radius 2 is 1.94 bits per heavy atom. The van der Waals surface area contributed by atoms with Crippen molar-refractivity contribution < 1.29 is 9.13 Å². The molecule has 2 aromatic heterocycles. The lowest BCUT2D eigenvalue weighted by atomic mass is 9.99. The molecule has 2 aromatic carbocycles. The molecule has 6 heteroatoms. The third kappa shape index (κ3) is 5.17. The van der Waals surface area contributed by atoms with Gasteiger partial charge in [0.25, 0.3) is 0 Å². The van der Waals surface area contributed by atoms with E-state index < -0.39 is 0 Å². The van der Waals surface area contributed by atoms with Crippen molar-refractivity contribution in [2.75, 3.05) is 13.2 Å². The van der Waals surface area contributed by atoms with Gasteiger partial charge in [0.2, 0.25) is 5.88 Å². The molecule has 1 saturated heterocycles. The number of rotatable bonds is 7. The van der Waals surface area contributed by atoms with Gasteiger partial charge in [-0.3, -0.25) is 9.88 Å². The van der Waals surface area contributed by atoms with Crippen LogP contribution in [-0.2, 0) is 6.54 Å². The summed E-state index contributed by atoms with van der Waals surface area (Å²) < 4.78 is 19.9.